The van der Waals surface area contributed by atoms with Gasteiger partial charge in [-0.1, -0.05) is 0 Å². The molecule has 3 nitrogen and oxygen atoms in total. The Bertz CT molecular complexity index is 143. The molecule has 0 aromatic carbocycles. The van der Waals surface area contributed by atoms with E-state index in [0.29, 0.717) is 6.04 Å². The van der Waals surface area contributed by atoms with Crippen molar-refractivity contribution in [2.24, 2.45) is 5.73 Å². The van der Waals surface area contributed by atoms with Crippen molar-refractivity contribution in [2.45, 2.75) is 32.2 Å². The highest BCUT2D eigenvalue weighted by atomic mass is 15.2. The zero-order chi connectivity index (χ0) is 10.4. The lowest BCUT2D eigenvalue weighted by Crippen LogP contribution is -2.40. The number of likely N-dealkylation sites (tertiary alicyclic amines) is 1. The first-order valence-corrected chi connectivity index (χ1v) is 5.86. The summed E-state index contributed by atoms with van der Waals surface area (Å²) in [5, 5.41) is 0. The fourth-order valence-electron chi connectivity index (χ4n) is 2.04. The fourth-order valence-corrected chi connectivity index (χ4v) is 2.04. The normalized spacial score (nSPS) is 20.6. The second kappa shape index (κ2) is 6.38. The van der Waals surface area contributed by atoms with Crippen LogP contribution >= 0.6 is 0 Å². The Balaban J connectivity index is 2.15. The molecule has 0 amide bonds. The number of hydrogen-bond donors (Lipinski definition) is 1. The summed E-state index contributed by atoms with van der Waals surface area (Å²) < 4.78 is 0. The molecule has 1 saturated heterocycles. The van der Waals surface area contributed by atoms with Crippen LogP contribution in [0.25, 0.3) is 0 Å². The van der Waals surface area contributed by atoms with E-state index in [1.165, 1.54) is 32.5 Å². The van der Waals surface area contributed by atoms with Crippen molar-refractivity contribution in [1.29, 1.82) is 0 Å². The molecule has 0 aliphatic carbocycles. The minimum Gasteiger partial charge on any atom is -0.330 e. The van der Waals surface area contributed by atoms with Crippen molar-refractivity contribution in [3.05, 3.63) is 0 Å². The van der Waals surface area contributed by atoms with E-state index in [0.717, 1.165) is 19.5 Å². The molecular formula is C11H25N3. The molecule has 0 spiro atoms. The maximum Gasteiger partial charge on any atom is 0.0191 e. The smallest absolute Gasteiger partial charge is 0.0191 e. The summed E-state index contributed by atoms with van der Waals surface area (Å²) in [6, 6.07) is 0.666. The standard InChI is InChI=1S/C11H25N3/c1-11(13(2)7-5-6-12)10-14-8-3-4-9-14/h11H,3-10,12H2,1-2H3. The largest absolute Gasteiger partial charge is 0.330 e. The molecule has 1 heterocycles. The first-order valence-electron chi connectivity index (χ1n) is 5.86. The van der Waals surface area contributed by atoms with Crippen LogP contribution in [0.5, 0.6) is 0 Å². The highest BCUT2D eigenvalue weighted by Gasteiger charge is 2.16. The molecular weight excluding hydrogens is 174 g/mol. The monoisotopic (exact) mass is 199 g/mol. The van der Waals surface area contributed by atoms with Crippen LogP contribution in [0.1, 0.15) is 26.2 Å². The van der Waals surface area contributed by atoms with Crippen LogP contribution in [-0.4, -0.2) is 55.6 Å². The average molecular weight is 199 g/mol. The third-order valence-electron chi connectivity index (χ3n) is 3.19. The van der Waals surface area contributed by atoms with Crippen LogP contribution < -0.4 is 5.73 Å². The molecule has 0 saturated carbocycles. The topological polar surface area (TPSA) is 32.5 Å². The Kier molecular flexibility index (Phi) is 5.45. The van der Waals surface area contributed by atoms with Crippen molar-refractivity contribution in [3.63, 3.8) is 0 Å². The number of nitrogens with two attached hydrogens (primary N) is 1. The molecule has 0 bridgehead atoms. The zero-order valence-corrected chi connectivity index (χ0v) is 9.71. The van der Waals surface area contributed by atoms with Gasteiger partial charge in [-0.15, -0.1) is 0 Å². The van der Waals surface area contributed by atoms with Gasteiger partial charge in [-0.05, 0) is 59.4 Å². The van der Waals surface area contributed by atoms with Crippen molar-refractivity contribution >= 4 is 0 Å². The lowest BCUT2D eigenvalue weighted by molar-refractivity contribution is 0.191. The van der Waals surface area contributed by atoms with Crippen LogP contribution in [0.2, 0.25) is 0 Å². The minimum atomic E-state index is 0.666. The van der Waals surface area contributed by atoms with Crippen molar-refractivity contribution in [1.82, 2.24) is 9.80 Å². The number of likely N-dealkylation sites (N-methyl/N-ethyl adjacent to an activating group) is 1. The third kappa shape index (κ3) is 3.95. The number of hydrogen-bond acceptors (Lipinski definition) is 3. The Labute approximate surface area is 88.2 Å². The molecule has 1 unspecified atom stereocenters. The summed E-state index contributed by atoms with van der Waals surface area (Å²) in [4.78, 5) is 4.99. The summed E-state index contributed by atoms with van der Waals surface area (Å²) in [5.41, 5.74) is 5.50. The van der Waals surface area contributed by atoms with Gasteiger partial charge in [-0.3, -0.25) is 0 Å². The predicted molar refractivity (Wildman–Crippen MR) is 61.4 cm³/mol. The molecule has 0 aromatic heterocycles. The van der Waals surface area contributed by atoms with E-state index in [2.05, 4.69) is 23.8 Å². The molecule has 1 atom stereocenters. The molecule has 0 aromatic rings. The van der Waals surface area contributed by atoms with E-state index in [4.69, 9.17) is 5.73 Å². The van der Waals surface area contributed by atoms with Crippen molar-refractivity contribution < 1.29 is 0 Å². The maximum absolute atomic E-state index is 5.50. The van der Waals surface area contributed by atoms with Gasteiger partial charge in [0.1, 0.15) is 0 Å². The Morgan fingerprint density at radius 1 is 1.36 bits per heavy atom. The molecule has 3 heteroatoms. The van der Waals surface area contributed by atoms with Crippen LogP contribution in [0, 0.1) is 0 Å². The number of rotatable bonds is 6. The molecule has 1 fully saturated rings. The van der Waals surface area contributed by atoms with Crippen LogP contribution in [0.4, 0.5) is 0 Å². The summed E-state index contributed by atoms with van der Waals surface area (Å²) in [6.45, 7) is 8.08. The first-order chi connectivity index (χ1) is 6.74. The van der Waals surface area contributed by atoms with E-state index in [1.54, 1.807) is 0 Å². The molecule has 0 radical (unpaired) electrons. The average Bonchev–Trinajstić information content (AvgIpc) is 2.66. The van der Waals surface area contributed by atoms with Gasteiger partial charge in [0.2, 0.25) is 0 Å². The van der Waals surface area contributed by atoms with E-state index in [1.807, 2.05) is 0 Å². The highest BCUT2D eigenvalue weighted by molar-refractivity contribution is 4.73. The molecule has 14 heavy (non-hydrogen) atoms. The van der Waals surface area contributed by atoms with Gasteiger partial charge in [0.15, 0.2) is 0 Å². The maximum atomic E-state index is 5.50. The minimum absolute atomic E-state index is 0.666. The van der Waals surface area contributed by atoms with Crippen molar-refractivity contribution in [3.8, 4) is 0 Å². The van der Waals surface area contributed by atoms with Crippen LogP contribution in [0.15, 0.2) is 0 Å². The van der Waals surface area contributed by atoms with E-state index in [-0.39, 0.29) is 0 Å². The summed E-state index contributed by atoms with van der Waals surface area (Å²) in [6.07, 6.45) is 3.89. The van der Waals surface area contributed by atoms with Gasteiger partial charge in [-0.2, -0.15) is 0 Å². The Hall–Kier alpha value is -0.120. The van der Waals surface area contributed by atoms with E-state index >= 15 is 0 Å². The van der Waals surface area contributed by atoms with Gasteiger partial charge < -0.3 is 15.5 Å². The fraction of sp³-hybridized carbons (Fsp3) is 1.00. The SMILES string of the molecule is CC(CN1CCCC1)N(C)CCCN. The van der Waals surface area contributed by atoms with Gasteiger partial charge >= 0.3 is 0 Å². The zero-order valence-electron chi connectivity index (χ0n) is 9.71. The lowest BCUT2D eigenvalue weighted by Gasteiger charge is -2.28. The van der Waals surface area contributed by atoms with E-state index < -0.39 is 0 Å². The molecule has 2 N–H and O–H groups in total. The summed E-state index contributed by atoms with van der Waals surface area (Å²) in [5.74, 6) is 0. The Morgan fingerprint density at radius 3 is 2.57 bits per heavy atom. The van der Waals surface area contributed by atoms with Gasteiger partial charge in [-0.25, -0.2) is 0 Å². The third-order valence-corrected chi connectivity index (χ3v) is 3.19. The predicted octanol–water partition coefficient (Wildman–Crippen LogP) is 0.751. The summed E-state index contributed by atoms with van der Waals surface area (Å²) in [7, 11) is 2.20. The van der Waals surface area contributed by atoms with Crippen LogP contribution in [0.3, 0.4) is 0 Å². The quantitative estimate of drug-likeness (QED) is 0.685. The number of nitrogens with zero attached hydrogens (tertiary/aromatic N) is 2. The summed E-state index contributed by atoms with van der Waals surface area (Å²) >= 11 is 0. The lowest BCUT2D eigenvalue weighted by atomic mass is 10.2. The second-order valence-corrected chi connectivity index (χ2v) is 4.48. The highest BCUT2D eigenvalue weighted by Crippen LogP contribution is 2.09. The van der Waals surface area contributed by atoms with E-state index in [9.17, 15) is 0 Å². The van der Waals surface area contributed by atoms with Crippen molar-refractivity contribution in [2.75, 3.05) is 39.8 Å². The molecule has 1 aliphatic rings. The second-order valence-electron chi connectivity index (χ2n) is 4.48. The molecule has 1 rings (SSSR count). The first kappa shape index (κ1) is 12.0. The van der Waals surface area contributed by atoms with Gasteiger partial charge in [0, 0.05) is 12.6 Å². The van der Waals surface area contributed by atoms with Crippen LogP contribution in [-0.2, 0) is 0 Å². The van der Waals surface area contributed by atoms with Gasteiger partial charge in [0.05, 0.1) is 0 Å². The Morgan fingerprint density at radius 2 is 2.00 bits per heavy atom. The molecule has 1 aliphatic heterocycles. The molecule has 84 valence electrons. The van der Waals surface area contributed by atoms with Gasteiger partial charge in [0.25, 0.3) is 0 Å².